The Bertz CT molecular complexity index is 314. The summed E-state index contributed by atoms with van der Waals surface area (Å²) in [6, 6.07) is 0.939. The van der Waals surface area contributed by atoms with Crippen molar-refractivity contribution >= 4 is 20.1 Å². The first-order valence-electron chi connectivity index (χ1n) is 6.44. The van der Waals surface area contributed by atoms with Gasteiger partial charge in [0.1, 0.15) is 0 Å². The topological polar surface area (TPSA) is 66.8 Å². The van der Waals surface area contributed by atoms with Crippen LogP contribution in [-0.2, 0) is 9.53 Å². The Morgan fingerprint density at radius 2 is 2.06 bits per heavy atom. The van der Waals surface area contributed by atoms with Gasteiger partial charge in [-0.05, 0) is 18.9 Å². The lowest BCUT2D eigenvalue weighted by Gasteiger charge is -2.30. The van der Waals surface area contributed by atoms with Gasteiger partial charge in [-0.15, -0.1) is 0 Å². The van der Waals surface area contributed by atoms with Gasteiger partial charge in [0.05, 0.1) is 12.5 Å². The molecule has 1 heterocycles. The summed E-state index contributed by atoms with van der Waals surface area (Å²) in [5.74, 6) is -1.27. The molecule has 1 atom stereocenters. The van der Waals surface area contributed by atoms with E-state index < -0.39 is 20.0 Å². The molecule has 0 saturated carbocycles. The summed E-state index contributed by atoms with van der Waals surface area (Å²) >= 11 is 0. The van der Waals surface area contributed by atoms with Gasteiger partial charge in [0.2, 0.25) is 0 Å². The number of rotatable bonds is 4. The molecule has 0 aliphatic carbocycles. The highest BCUT2D eigenvalue weighted by atomic mass is 28.3. The lowest BCUT2D eigenvalue weighted by molar-refractivity contribution is -0.143. The summed E-state index contributed by atoms with van der Waals surface area (Å²) in [6.45, 7) is 8.01. The van der Waals surface area contributed by atoms with Gasteiger partial charge >= 0.3 is 12.1 Å². The molecule has 0 aromatic carbocycles. The Morgan fingerprint density at radius 3 is 2.61 bits per heavy atom. The van der Waals surface area contributed by atoms with Crippen LogP contribution in [0.4, 0.5) is 4.79 Å². The van der Waals surface area contributed by atoms with Crippen LogP contribution in [0.1, 0.15) is 12.8 Å². The number of carbonyl (C=O) groups is 2. The summed E-state index contributed by atoms with van der Waals surface area (Å²) in [5, 5.41) is 8.95. The van der Waals surface area contributed by atoms with Gasteiger partial charge in [-0.2, -0.15) is 0 Å². The van der Waals surface area contributed by atoms with Crippen LogP contribution in [0.15, 0.2) is 0 Å². The van der Waals surface area contributed by atoms with Crippen molar-refractivity contribution < 1.29 is 19.4 Å². The summed E-state index contributed by atoms with van der Waals surface area (Å²) in [6.07, 6.45) is 1.02. The SMILES string of the molecule is C[Si](C)(C)CCOC(=O)N1CCC[C@H](C(=O)O)C1. The molecule has 104 valence electrons. The van der Waals surface area contributed by atoms with Crippen molar-refractivity contribution in [3.8, 4) is 0 Å². The van der Waals surface area contributed by atoms with E-state index in [2.05, 4.69) is 19.6 Å². The zero-order valence-electron chi connectivity index (χ0n) is 11.4. The Morgan fingerprint density at radius 1 is 1.39 bits per heavy atom. The van der Waals surface area contributed by atoms with Crippen LogP contribution in [0, 0.1) is 5.92 Å². The van der Waals surface area contributed by atoms with Crippen molar-refractivity contribution in [1.82, 2.24) is 4.90 Å². The molecule has 6 heteroatoms. The largest absolute Gasteiger partial charge is 0.481 e. The van der Waals surface area contributed by atoms with E-state index in [1.54, 1.807) is 0 Å². The lowest BCUT2D eigenvalue weighted by Crippen LogP contribution is -2.42. The van der Waals surface area contributed by atoms with E-state index in [9.17, 15) is 9.59 Å². The van der Waals surface area contributed by atoms with E-state index in [4.69, 9.17) is 9.84 Å². The maximum atomic E-state index is 11.8. The molecule has 0 unspecified atom stereocenters. The number of carboxylic acids is 1. The molecule has 0 aromatic rings. The molecule has 0 bridgehead atoms. The normalized spacial score (nSPS) is 20.6. The number of hydrogen-bond acceptors (Lipinski definition) is 3. The second kappa shape index (κ2) is 6.22. The van der Waals surface area contributed by atoms with Crippen molar-refractivity contribution in [1.29, 1.82) is 0 Å². The molecule has 0 spiro atoms. The number of carboxylic acid groups (broad SMARTS) is 1. The molecule has 0 aromatic heterocycles. The van der Waals surface area contributed by atoms with Gasteiger partial charge in [0, 0.05) is 21.2 Å². The highest BCUT2D eigenvalue weighted by Gasteiger charge is 2.29. The molecule has 1 aliphatic heterocycles. The average molecular weight is 273 g/mol. The van der Waals surface area contributed by atoms with Crippen LogP contribution in [0.2, 0.25) is 25.7 Å². The first kappa shape index (κ1) is 15.0. The minimum absolute atomic E-state index is 0.279. The zero-order valence-corrected chi connectivity index (χ0v) is 12.4. The van der Waals surface area contributed by atoms with Gasteiger partial charge in [0.25, 0.3) is 0 Å². The minimum Gasteiger partial charge on any atom is -0.481 e. The minimum atomic E-state index is -1.19. The van der Waals surface area contributed by atoms with Crippen molar-refractivity contribution in [3.05, 3.63) is 0 Å². The Balaban J connectivity index is 2.35. The zero-order chi connectivity index (χ0) is 13.8. The van der Waals surface area contributed by atoms with Gasteiger partial charge in [-0.3, -0.25) is 4.79 Å². The Hall–Kier alpha value is -1.04. The summed E-state index contributed by atoms with van der Waals surface area (Å²) in [4.78, 5) is 24.2. The number of amides is 1. The summed E-state index contributed by atoms with van der Waals surface area (Å²) in [7, 11) is -1.19. The first-order valence-corrected chi connectivity index (χ1v) is 10.1. The van der Waals surface area contributed by atoms with Crippen molar-refractivity contribution in [2.75, 3.05) is 19.7 Å². The fourth-order valence-electron chi connectivity index (χ4n) is 1.88. The van der Waals surface area contributed by atoms with Crippen LogP contribution < -0.4 is 0 Å². The molecule has 1 saturated heterocycles. The number of hydrogen-bond donors (Lipinski definition) is 1. The van der Waals surface area contributed by atoms with Crippen LogP contribution in [0.25, 0.3) is 0 Å². The molecule has 1 fully saturated rings. The second-order valence-corrected chi connectivity index (χ2v) is 11.7. The number of likely N-dealkylation sites (tertiary alicyclic amines) is 1. The third-order valence-corrected chi connectivity index (χ3v) is 4.81. The smallest absolute Gasteiger partial charge is 0.409 e. The van der Waals surface area contributed by atoms with E-state index in [0.717, 1.165) is 12.5 Å². The quantitative estimate of drug-likeness (QED) is 0.798. The highest BCUT2D eigenvalue weighted by Crippen LogP contribution is 2.17. The Labute approximate surface area is 109 Å². The lowest BCUT2D eigenvalue weighted by atomic mass is 9.99. The number of nitrogens with zero attached hydrogens (tertiary/aromatic N) is 1. The van der Waals surface area contributed by atoms with E-state index >= 15 is 0 Å². The summed E-state index contributed by atoms with van der Waals surface area (Å²) in [5.41, 5.74) is 0. The summed E-state index contributed by atoms with van der Waals surface area (Å²) < 4.78 is 5.21. The van der Waals surface area contributed by atoms with E-state index in [1.165, 1.54) is 4.90 Å². The van der Waals surface area contributed by atoms with Gasteiger partial charge in [-0.25, -0.2) is 4.79 Å². The predicted molar refractivity (Wildman–Crippen MR) is 71.4 cm³/mol. The van der Waals surface area contributed by atoms with Gasteiger partial charge in [0.15, 0.2) is 0 Å². The van der Waals surface area contributed by atoms with Crippen LogP contribution in [0.3, 0.4) is 0 Å². The van der Waals surface area contributed by atoms with E-state index in [-0.39, 0.29) is 12.6 Å². The molecule has 18 heavy (non-hydrogen) atoms. The number of aliphatic carboxylic acids is 1. The molecule has 1 amide bonds. The van der Waals surface area contributed by atoms with Crippen LogP contribution >= 0.6 is 0 Å². The maximum absolute atomic E-state index is 11.8. The molecular formula is C12H23NO4Si. The molecule has 1 aliphatic rings. The van der Waals surface area contributed by atoms with Crippen molar-refractivity contribution in [2.24, 2.45) is 5.92 Å². The molecule has 5 nitrogen and oxygen atoms in total. The van der Waals surface area contributed by atoms with Crippen molar-refractivity contribution in [3.63, 3.8) is 0 Å². The van der Waals surface area contributed by atoms with Crippen molar-refractivity contribution in [2.45, 2.75) is 38.5 Å². The van der Waals surface area contributed by atoms with E-state index in [1.807, 2.05) is 0 Å². The molecular weight excluding hydrogens is 250 g/mol. The second-order valence-electron chi connectivity index (χ2n) is 6.05. The fraction of sp³-hybridized carbons (Fsp3) is 0.833. The average Bonchev–Trinajstić information content (AvgIpc) is 2.27. The maximum Gasteiger partial charge on any atom is 0.409 e. The number of piperidine rings is 1. The first-order chi connectivity index (χ1) is 8.29. The van der Waals surface area contributed by atoms with Crippen LogP contribution in [-0.4, -0.2) is 49.8 Å². The van der Waals surface area contributed by atoms with E-state index in [0.29, 0.717) is 19.6 Å². The third-order valence-electron chi connectivity index (χ3n) is 3.11. The number of carbonyl (C=O) groups excluding carboxylic acids is 1. The van der Waals surface area contributed by atoms with Gasteiger partial charge < -0.3 is 14.7 Å². The standard InChI is InChI=1S/C12H23NO4Si/c1-18(2,3)8-7-17-12(16)13-6-4-5-10(9-13)11(14)15/h10H,4-9H2,1-3H3,(H,14,15)/t10-/m0/s1. The van der Waals surface area contributed by atoms with Crippen LogP contribution in [0.5, 0.6) is 0 Å². The Kier molecular flexibility index (Phi) is 5.19. The molecule has 1 rings (SSSR count). The third kappa shape index (κ3) is 5.08. The molecule has 0 radical (unpaired) electrons. The monoisotopic (exact) mass is 273 g/mol. The fourth-order valence-corrected chi connectivity index (χ4v) is 2.59. The highest BCUT2D eigenvalue weighted by molar-refractivity contribution is 6.76. The van der Waals surface area contributed by atoms with Gasteiger partial charge in [-0.1, -0.05) is 19.6 Å². The number of ether oxygens (including phenoxy) is 1. The molecule has 1 N–H and O–H groups in total. The predicted octanol–water partition coefficient (Wildman–Crippen LogP) is 2.26.